The normalized spacial score (nSPS) is 18.0. The van der Waals surface area contributed by atoms with Crippen LogP contribution in [0.25, 0.3) is 0 Å². The van der Waals surface area contributed by atoms with E-state index >= 15 is 0 Å². The summed E-state index contributed by atoms with van der Waals surface area (Å²) < 4.78 is 0. The number of amides is 1. The van der Waals surface area contributed by atoms with E-state index in [-0.39, 0.29) is 11.9 Å². The maximum atomic E-state index is 12.6. The van der Waals surface area contributed by atoms with Gasteiger partial charge in [0.25, 0.3) is 5.91 Å². The SMILES string of the molecule is CCc1nc(C)sc1C(=O)N[C@@H]1CCCN(c2cnccn2)C1. The standard InChI is InChI=1S/C16H21N5OS/c1-3-13-15(23-11(2)19-13)16(22)20-12-5-4-8-21(10-12)14-9-17-6-7-18-14/h6-7,9,12H,3-5,8,10H2,1-2H3,(H,20,22)/t12-/m1/s1. The lowest BCUT2D eigenvalue weighted by Gasteiger charge is -2.33. The number of nitrogens with zero attached hydrogens (tertiary/aromatic N) is 4. The van der Waals surface area contributed by atoms with Gasteiger partial charge in [-0.2, -0.15) is 0 Å². The van der Waals surface area contributed by atoms with E-state index in [1.165, 1.54) is 11.3 Å². The van der Waals surface area contributed by atoms with E-state index in [0.29, 0.717) is 0 Å². The molecule has 7 heteroatoms. The predicted octanol–water partition coefficient (Wildman–Crippen LogP) is 2.20. The van der Waals surface area contributed by atoms with E-state index in [4.69, 9.17) is 0 Å². The van der Waals surface area contributed by atoms with Crippen molar-refractivity contribution >= 4 is 23.1 Å². The van der Waals surface area contributed by atoms with Crippen molar-refractivity contribution in [1.82, 2.24) is 20.3 Å². The molecule has 2 aromatic heterocycles. The second-order valence-corrected chi connectivity index (χ2v) is 6.89. The number of anilines is 1. The third-order valence-corrected chi connectivity index (χ3v) is 4.99. The Balaban J connectivity index is 1.66. The van der Waals surface area contributed by atoms with Crippen LogP contribution < -0.4 is 10.2 Å². The molecule has 1 N–H and O–H groups in total. The fourth-order valence-electron chi connectivity index (χ4n) is 2.90. The van der Waals surface area contributed by atoms with Gasteiger partial charge in [-0.05, 0) is 26.2 Å². The molecule has 1 saturated heterocycles. The quantitative estimate of drug-likeness (QED) is 0.930. The number of piperidine rings is 1. The van der Waals surface area contributed by atoms with Gasteiger partial charge in [-0.1, -0.05) is 6.92 Å². The van der Waals surface area contributed by atoms with Crippen LogP contribution in [0, 0.1) is 6.92 Å². The van der Waals surface area contributed by atoms with Gasteiger partial charge in [0.1, 0.15) is 10.7 Å². The van der Waals surface area contributed by atoms with Crippen molar-refractivity contribution in [3.63, 3.8) is 0 Å². The zero-order valence-corrected chi connectivity index (χ0v) is 14.3. The minimum atomic E-state index is -0.00144. The van der Waals surface area contributed by atoms with E-state index in [1.807, 2.05) is 13.8 Å². The lowest BCUT2D eigenvalue weighted by atomic mass is 10.1. The summed E-state index contributed by atoms with van der Waals surface area (Å²) in [5, 5.41) is 4.11. The van der Waals surface area contributed by atoms with E-state index < -0.39 is 0 Å². The highest BCUT2D eigenvalue weighted by molar-refractivity contribution is 7.13. The fourth-order valence-corrected chi connectivity index (χ4v) is 3.81. The van der Waals surface area contributed by atoms with Gasteiger partial charge in [-0.25, -0.2) is 9.97 Å². The number of rotatable bonds is 4. The molecule has 122 valence electrons. The molecule has 0 saturated carbocycles. The monoisotopic (exact) mass is 331 g/mol. The average molecular weight is 331 g/mol. The van der Waals surface area contributed by atoms with E-state index in [1.54, 1.807) is 18.6 Å². The summed E-state index contributed by atoms with van der Waals surface area (Å²) in [6.07, 6.45) is 7.94. The van der Waals surface area contributed by atoms with Crippen LogP contribution in [-0.4, -0.2) is 40.0 Å². The summed E-state index contributed by atoms with van der Waals surface area (Å²) in [5.74, 6) is 0.868. The first-order chi connectivity index (χ1) is 11.2. The fraction of sp³-hybridized carbons (Fsp3) is 0.500. The molecule has 1 aliphatic heterocycles. The Kier molecular flexibility index (Phi) is 4.85. The molecular formula is C16H21N5OS. The highest BCUT2D eigenvalue weighted by atomic mass is 32.1. The van der Waals surface area contributed by atoms with Gasteiger partial charge in [0.15, 0.2) is 0 Å². The van der Waals surface area contributed by atoms with Gasteiger partial charge >= 0.3 is 0 Å². The lowest BCUT2D eigenvalue weighted by Crippen LogP contribution is -2.48. The van der Waals surface area contributed by atoms with Gasteiger partial charge in [-0.3, -0.25) is 9.78 Å². The van der Waals surface area contributed by atoms with Gasteiger partial charge in [0.2, 0.25) is 0 Å². The summed E-state index contributed by atoms with van der Waals surface area (Å²) in [4.78, 5) is 28.4. The molecule has 3 rings (SSSR count). The number of nitrogens with one attached hydrogen (secondary N) is 1. The largest absolute Gasteiger partial charge is 0.353 e. The van der Waals surface area contributed by atoms with Crippen LogP contribution in [0.3, 0.4) is 0 Å². The molecule has 3 heterocycles. The second-order valence-electron chi connectivity index (χ2n) is 5.68. The van der Waals surface area contributed by atoms with Crippen molar-refractivity contribution in [3.05, 3.63) is 34.2 Å². The van der Waals surface area contributed by atoms with Crippen molar-refractivity contribution in [1.29, 1.82) is 0 Å². The summed E-state index contributed by atoms with van der Waals surface area (Å²) in [7, 11) is 0. The van der Waals surface area contributed by atoms with Gasteiger partial charge < -0.3 is 10.2 Å². The molecule has 0 aliphatic carbocycles. The molecule has 0 aromatic carbocycles. The first-order valence-corrected chi connectivity index (χ1v) is 8.77. The predicted molar refractivity (Wildman–Crippen MR) is 91.0 cm³/mol. The second kappa shape index (κ2) is 7.04. The van der Waals surface area contributed by atoms with E-state index in [9.17, 15) is 4.79 Å². The van der Waals surface area contributed by atoms with E-state index in [0.717, 1.165) is 53.7 Å². The summed E-state index contributed by atoms with van der Waals surface area (Å²) in [5.41, 5.74) is 0.895. The first kappa shape index (κ1) is 15.9. The minimum Gasteiger partial charge on any atom is -0.353 e. The number of hydrogen-bond acceptors (Lipinski definition) is 6. The molecule has 1 atom stereocenters. The summed E-state index contributed by atoms with van der Waals surface area (Å²) >= 11 is 1.47. The van der Waals surface area contributed by atoms with Crippen molar-refractivity contribution in [2.75, 3.05) is 18.0 Å². The molecule has 0 unspecified atom stereocenters. The topological polar surface area (TPSA) is 71.0 Å². The maximum absolute atomic E-state index is 12.6. The molecule has 1 fully saturated rings. The highest BCUT2D eigenvalue weighted by Gasteiger charge is 2.24. The molecule has 1 amide bonds. The minimum absolute atomic E-state index is 0.00144. The zero-order valence-electron chi connectivity index (χ0n) is 13.5. The first-order valence-electron chi connectivity index (χ1n) is 7.95. The maximum Gasteiger partial charge on any atom is 0.263 e. The van der Waals surface area contributed by atoms with Crippen LogP contribution in [0.5, 0.6) is 0 Å². The van der Waals surface area contributed by atoms with Crippen LogP contribution in [0.1, 0.15) is 40.1 Å². The molecule has 23 heavy (non-hydrogen) atoms. The van der Waals surface area contributed by atoms with Crippen molar-refractivity contribution in [2.45, 2.75) is 39.2 Å². The molecule has 6 nitrogen and oxygen atoms in total. The van der Waals surface area contributed by atoms with Crippen molar-refractivity contribution < 1.29 is 4.79 Å². The van der Waals surface area contributed by atoms with Crippen LogP contribution in [-0.2, 0) is 6.42 Å². The van der Waals surface area contributed by atoms with Crippen molar-refractivity contribution in [3.8, 4) is 0 Å². The number of carbonyl (C=O) groups excluding carboxylic acids is 1. The van der Waals surface area contributed by atoms with Crippen LogP contribution >= 0.6 is 11.3 Å². The third kappa shape index (κ3) is 3.67. The molecule has 0 bridgehead atoms. The zero-order chi connectivity index (χ0) is 16.2. The molecule has 0 spiro atoms. The van der Waals surface area contributed by atoms with Crippen LogP contribution in [0.15, 0.2) is 18.6 Å². The molecule has 1 aliphatic rings. The molecule has 2 aromatic rings. The average Bonchev–Trinajstić information content (AvgIpc) is 2.97. The number of hydrogen-bond donors (Lipinski definition) is 1. The summed E-state index contributed by atoms with van der Waals surface area (Å²) in [6.45, 7) is 5.69. The van der Waals surface area contributed by atoms with Crippen molar-refractivity contribution in [2.24, 2.45) is 0 Å². The van der Waals surface area contributed by atoms with Gasteiger partial charge in [0.05, 0.1) is 16.9 Å². The Bertz CT molecular complexity index is 672. The van der Waals surface area contributed by atoms with Crippen LogP contribution in [0.2, 0.25) is 0 Å². The smallest absolute Gasteiger partial charge is 0.263 e. The highest BCUT2D eigenvalue weighted by Crippen LogP contribution is 2.20. The summed E-state index contributed by atoms with van der Waals surface area (Å²) in [6, 6.07) is 0.130. The Hall–Kier alpha value is -2.02. The Morgan fingerprint density at radius 3 is 3.09 bits per heavy atom. The third-order valence-electron chi connectivity index (χ3n) is 3.98. The number of aromatic nitrogens is 3. The van der Waals surface area contributed by atoms with E-state index in [2.05, 4.69) is 25.2 Å². The Morgan fingerprint density at radius 1 is 1.48 bits per heavy atom. The molecular weight excluding hydrogens is 310 g/mol. The Labute approximate surface area is 140 Å². The van der Waals surface area contributed by atoms with Crippen LogP contribution in [0.4, 0.5) is 5.82 Å². The number of carbonyl (C=O) groups is 1. The number of thiazole rings is 1. The van der Waals surface area contributed by atoms with Gasteiger partial charge in [0, 0.05) is 31.5 Å². The Morgan fingerprint density at radius 2 is 2.35 bits per heavy atom. The lowest BCUT2D eigenvalue weighted by molar-refractivity contribution is 0.0936. The molecule has 0 radical (unpaired) electrons. The van der Waals surface area contributed by atoms with Gasteiger partial charge in [-0.15, -0.1) is 11.3 Å². The number of aryl methyl sites for hydroxylation is 2.